The highest BCUT2D eigenvalue weighted by atomic mass is 32.1. The lowest BCUT2D eigenvalue weighted by molar-refractivity contribution is -0.141. The normalized spacial score (nSPS) is 12.7. The summed E-state index contributed by atoms with van der Waals surface area (Å²) in [7, 11) is 0. The van der Waals surface area contributed by atoms with Crippen molar-refractivity contribution in [2.24, 2.45) is 0 Å². The smallest absolute Gasteiger partial charge is 0.327 e. The summed E-state index contributed by atoms with van der Waals surface area (Å²) < 4.78 is 74.4. The number of hydrogen-bond acceptors (Lipinski definition) is 4. The summed E-state index contributed by atoms with van der Waals surface area (Å²) in [5.41, 5.74) is -1.50. The minimum absolute atomic E-state index is 0.150. The Hall–Kier alpha value is -1.49. The first-order chi connectivity index (χ1) is 9.07. The Morgan fingerprint density at radius 3 is 2.25 bits per heavy atom. The van der Waals surface area contributed by atoms with Crippen molar-refractivity contribution in [3.63, 3.8) is 0 Å². The quantitative estimate of drug-likeness (QED) is 0.626. The summed E-state index contributed by atoms with van der Waals surface area (Å²) in [6, 6.07) is 0.587. The van der Waals surface area contributed by atoms with Gasteiger partial charge in [0.25, 0.3) is 0 Å². The van der Waals surface area contributed by atoms with Gasteiger partial charge in [0.2, 0.25) is 0 Å². The van der Waals surface area contributed by atoms with Crippen LogP contribution in [0.5, 0.6) is 0 Å². The van der Waals surface area contributed by atoms with Crippen LogP contribution in [0.2, 0.25) is 0 Å². The molecule has 0 atom stereocenters. The molecule has 0 radical (unpaired) electrons. The second kappa shape index (κ2) is 4.81. The van der Waals surface area contributed by atoms with E-state index in [2.05, 4.69) is 22.2 Å². The molecule has 2 heterocycles. The Morgan fingerprint density at radius 2 is 1.75 bits per heavy atom. The Bertz CT molecular complexity index is 684. The van der Waals surface area contributed by atoms with Gasteiger partial charge in [-0.3, -0.25) is 0 Å². The molecule has 0 aromatic carbocycles. The number of halogens is 6. The Labute approximate surface area is 116 Å². The zero-order chi connectivity index (χ0) is 15.1. The van der Waals surface area contributed by atoms with Crippen LogP contribution in [0.25, 0.3) is 10.6 Å². The van der Waals surface area contributed by atoms with Crippen LogP contribution in [-0.4, -0.2) is 15.0 Å². The van der Waals surface area contributed by atoms with Crippen molar-refractivity contribution in [1.29, 1.82) is 0 Å². The van der Waals surface area contributed by atoms with Gasteiger partial charge in [0.1, 0.15) is 5.69 Å². The van der Waals surface area contributed by atoms with E-state index < -0.39 is 27.8 Å². The van der Waals surface area contributed by atoms with Crippen molar-refractivity contribution in [3.8, 4) is 10.6 Å². The summed E-state index contributed by atoms with van der Waals surface area (Å²) in [6.07, 6.45) is -8.55. The van der Waals surface area contributed by atoms with Crippen molar-refractivity contribution in [2.45, 2.75) is 12.4 Å². The fraction of sp³-hybridized carbons (Fsp3) is 0.222. The van der Waals surface area contributed by atoms with Crippen molar-refractivity contribution in [1.82, 2.24) is 15.0 Å². The Morgan fingerprint density at radius 1 is 1.10 bits per heavy atom. The molecule has 11 heteroatoms. The average molecular weight is 331 g/mol. The molecular weight excluding hydrogens is 328 g/mol. The van der Waals surface area contributed by atoms with Gasteiger partial charge in [0, 0.05) is 6.20 Å². The Balaban J connectivity index is 2.51. The van der Waals surface area contributed by atoms with Crippen molar-refractivity contribution >= 4 is 23.6 Å². The van der Waals surface area contributed by atoms with Crippen LogP contribution in [0.1, 0.15) is 10.7 Å². The maximum atomic E-state index is 12.6. The predicted molar refractivity (Wildman–Crippen MR) is 60.5 cm³/mol. The molecule has 2 rings (SSSR count). The molecule has 0 aliphatic rings. The molecule has 1 N–H and O–H groups in total. The van der Waals surface area contributed by atoms with E-state index >= 15 is 0 Å². The summed E-state index contributed by atoms with van der Waals surface area (Å²) in [6.45, 7) is 0. The molecule has 0 unspecified atom stereocenters. The van der Waals surface area contributed by atoms with Gasteiger partial charge in [0.15, 0.2) is 9.78 Å². The van der Waals surface area contributed by atoms with E-state index in [1.54, 1.807) is 0 Å². The van der Waals surface area contributed by atoms with E-state index in [0.29, 0.717) is 6.07 Å². The van der Waals surface area contributed by atoms with E-state index in [0.717, 1.165) is 6.20 Å². The zero-order valence-electron chi connectivity index (χ0n) is 9.13. The topological polar surface area (TPSA) is 41.6 Å². The third-order valence-electron chi connectivity index (χ3n) is 2.05. The number of aromatic nitrogens is 3. The molecule has 108 valence electrons. The number of hydrogen-bond donors (Lipinski definition) is 1. The molecule has 0 spiro atoms. The molecule has 2 aromatic heterocycles. The number of aromatic amines is 1. The zero-order valence-corrected chi connectivity index (χ0v) is 10.8. The first kappa shape index (κ1) is 14.9. The molecule has 0 aliphatic carbocycles. The average Bonchev–Trinajstić information content (AvgIpc) is 2.75. The standard InChI is InChI=1S/C9H3F6N3S2/c10-8(11,12)5-1-3(17-7(19)18-5)4-2-16-6(20-4)9(13,14)15/h1-2H,(H,17,18,19). The third kappa shape index (κ3) is 3.15. The van der Waals surface area contributed by atoms with E-state index in [4.69, 9.17) is 0 Å². The number of nitrogens with zero attached hydrogens (tertiary/aromatic N) is 2. The maximum Gasteiger partial charge on any atom is 0.443 e. The number of nitrogens with one attached hydrogen (secondary N) is 1. The summed E-state index contributed by atoms with van der Waals surface area (Å²) in [5, 5.41) is -1.17. The van der Waals surface area contributed by atoms with Gasteiger partial charge < -0.3 is 4.98 Å². The first-order valence-electron chi connectivity index (χ1n) is 4.79. The molecule has 0 aliphatic heterocycles. The molecule has 0 amide bonds. The van der Waals surface area contributed by atoms with Gasteiger partial charge in [0.05, 0.1) is 10.6 Å². The molecule has 20 heavy (non-hydrogen) atoms. The lowest BCUT2D eigenvalue weighted by Crippen LogP contribution is -2.09. The van der Waals surface area contributed by atoms with Crippen molar-refractivity contribution < 1.29 is 26.3 Å². The van der Waals surface area contributed by atoms with Gasteiger partial charge in [-0.15, -0.1) is 11.3 Å². The number of alkyl halides is 6. The van der Waals surface area contributed by atoms with Crippen LogP contribution in [-0.2, 0) is 12.4 Å². The van der Waals surface area contributed by atoms with Crippen molar-refractivity contribution in [2.75, 3.05) is 0 Å². The van der Waals surface area contributed by atoms with Gasteiger partial charge in [-0.05, 0) is 18.3 Å². The van der Waals surface area contributed by atoms with Crippen LogP contribution < -0.4 is 0 Å². The minimum Gasteiger partial charge on any atom is -0.327 e. The first-order valence-corrected chi connectivity index (χ1v) is 6.02. The highest BCUT2D eigenvalue weighted by molar-refractivity contribution is 7.71. The molecule has 0 saturated carbocycles. The van der Waals surface area contributed by atoms with Gasteiger partial charge in [-0.25, -0.2) is 9.97 Å². The Kier molecular flexibility index (Phi) is 3.58. The molecule has 2 aromatic rings. The van der Waals surface area contributed by atoms with E-state index in [1.807, 2.05) is 4.98 Å². The van der Waals surface area contributed by atoms with E-state index in [9.17, 15) is 26.3 Å². The summed E-state index contributed by atoms with van der Waals surface area (Å²) in [5.74, 6) is 0. The number of H-pyrrole nitrogens is 1. The van der Waals surface area contributed by atoms with Crippen LogP contribution in [0, 0.1) is 4.77 Å². The molecule has 0 fully saturated rings. The van der Waals surface area contributed by atoms with Crippen LogP contribution in [0.4, 0.5) is 26.3 Å². The summed E-state index contributed by atoms with van der Waals surface area (Å²) in [4.78, 5) is 8.37. The fourth-order valence-electron chi connectivity index (χ4n) is 1.26. The lowest BCUT2D eigenvalue weighted by Gasteiger charge is -2.07. The molecule has 3 nitrogen and oxygen atoms in total. The monoisotopic (exact) mass is 331 g/mol. The lowest BCUT2D eigenvalue weighted by atomic mass is 10.3. The highest BCUT2D eigenvalue weighted by Gasteiger charge is 2.35. The molecular formula is C9H3F6N3S2. The summed E-state index contributed by atoms with van der Waals surface area (Å²) >= 11 is 4.73. The molecule has 0 bridgehead atoms. The molecule has 0 saturated heterocycles. The third-order valence-corrected chi connectivity index (χ3v) is 3.31. The second-order valence-electron chi connectivity index (χ2n) is 3.51. The van der Waals surface area contributed by atoms with Gasteiger partial charge in [-0.1, -0.05) is 0 Å². The van der Waals surface area contributed by atoms with E-state index in [-0.39, 0.29) is 21.9 Å². The second-order valence-corrected chi connectivity index (χ2v) is 4.93. The highest BCUT2D eigenvalue weighted by Crippen LogP contribution is 2.36. The SMILES string of the molecule is FC(F)(F)c1cc(-c2cnc(C(F)(F)F)s2)nc(=S)[nH]1. The van der Waals surface area contributed by atoms with Crippen LogP contribution >= 0.6 is 23.6 Å². The minimum atomic E-state index is -4.71. The largest absolute Gasteiger partial charge is 0.443 e. The van der Waals surface area contributed by atoms with Crippen molar-refractivity contribution in [3.05, 3.63) is 27.7 Å². The number of thiazole rings is 1. The van der Waals surface area contributed by atoms with E-state index in [1.165, 1.54) is 0 Å². The number of rotatable bonds is 1. The fourth-order valence-corrected chi connectivity index (χ4v) is 2.21. The van der Waals surface area contributed by atoms with Gasteiger partial charge in [-0.2, -0.15) is 26.3 Å². The van der Waals surface area contributed by atoms with Crippen LogP contribution in [0.15, 0.2) is 12.3 Å². The maximum absolute atomic E-state index is 12.6. The van der Waals surface area contributed by atoms with Gasteiger partial charge >= 0.3 is 12.4 Å². The van der Waals surface area contributed by atoms with Crippen LogP contribution in [0.3, 0.4) is 0 Å². The predicted octanol–water partition coefficient (Wildman–Crippen LogP) is 4.30.